The topological polar surface area (TPSA) is 27.0 Å². The lowest BCUT2D eigenvalue weighted by Gasteiger charge is -2.30. The van der Waals surface area contributed by atoms with Crippen molar-refractivity contribution in [3.8, 4) is 6.07 Å². The Kier molecular flexibility index (Phi) is 4.24. The lowest BCUT2D eigenvalue weighted by Crippen LogP contribution is -2.40. The van der Waals surface area contributed by atoms with Crippen molar-refractivity contribution in [1.29, 1.82) is 5.26 Å². The van der Waals surface area contributed by atoms with Crippen LogP contribution in [-0.2, 0) is 0 Å². The predicted octanol–water partition coefficient (Wildman–Crippen LogP) is 2.55. The largest absolute Gasteiger partial charge is 0.285 e. The van der Waals surface area contributed by atoms with E-state index in [2.05, 4.69) is 17.9 Å². The molecule has 0 spiro atoms. The monoisotopic (exact) mass is 180 g/mol. The zero-order valence-corrected chi connectivity index (χ0v) is 8.79. The first-order valence-corrected chi connectivity index (χ1v) is 5.45. The van der Waals surface area contributed by atoms with Crippen molar-refractivity contribution in [3.05, 3.63) is 0 Å². The third kappa shape index (κ3) is 2.70. The summed E-state index contributed by atoms with van der Waals surface area (Å²) in [6.45, 7) is 5.37. The fourth-order valence-corrected chi connectivity index (χ4v) is 2.22. The first-order valence-electron chi connectivity index (χ1n) is 5.45. The summed E-state index contributed by atoms with van der Waals surface area (Å²) >= 11 is 0. The lowest BCUT2D eigenvalue weighted by atomic mass is 10.1. The van der Waals surface area contributed by atoms with Gasteiger partial charge in [0.25, 0.3) is 0 Å². The van der Waals surface area contributed by atoms with Crippen molar-refractivity contribution in [1.82, 2.24) is 4.90 Å². The molecule has 1 fully saturated rings. The van der Waals surface area contributed by atoms with Gasteiger partial charge in [0.05, 0.1) is 12.1 Å². The summed E-state index contributed by atoms with van der Waals surface area (Å²) in [5.74, 6) is 0. The molecule has 0 bridgehead atoms. The molecule has 1 saturated heterocycles. The molecule has 2 nitrogen and oxygen atoms in total. The Morgan fingerprint density at radius 2 is 2.23 bits per heavy atom. The zero-order chi connectivity index (χ0) is 9.68. The van der Waals surface area contributed by atoms with Gasteiger partial charge in [0.1, 0.15) is 0 Å². The second kappa shape index (κ2) is 5.24. The Morgan fingerprint density at radius 3 is 2.85 bits per heavy atom. The maximum absolute atomic E-state index is 8.90. The van der Waals surface area contributed by atoms with E-state index >= 15 is 0 Å². The lowest BCUT2D eigenvalue weighted by molar-refractivity contribution is 0.171. The first-order chi connectivity index (χ1) is 6.29. The van der Waals surface area contributed by atoms with Gasteiger partial charge < -0.3 is 0 Å². The minimum Gasteiger partial charge on any atom is -0.285 e. The molecule has 0 amide bonds. The Morgan fingerprint density at radius 1 is 1.46 bits per heavy atom. The third-order valence-corrected chi connectivity index (χ3v) is 3.08. The van der Waals surface area contributed by atoms with E-state index in [0.717, 1.165) is 6.54 Å². The van der Waals surface area contributed by atoms with E-state index in [9.17, 15) is 0 Å². The van der Waals surface area contributed by atoms with Crippen LogP contribution in [-0.4, -0.2) is 23.5 Å². The molecule has 2 atom stereocenters. The molecule has 1 aliphatic rings. The van der Waals surface area contributed by atoms with E-state index < -0.39 is 0 Å². The van der Waals surface area contributed by atoms with Gasteiger partial charge in [-0.3, -0.25) is 4.90 Å². The molecule has 2 unspecified atom stereocenters. The Balaban J connectivity index is 2.60. The molecule has 74 valence electrons. The smallest absolute Gasteiger partial charge is 0.0951 e. The van der Waals surface area contributed by atoms with E-state index in [1.54, 1.807) is 0 Å². The van der Waals surface area contributed by atoms with Gasteiger partial charge in [-0.15, -0.1) is 0 Å². The molecular formula is C11H20N2. The van der Waals surface area contributed by atoms with Crippen LogP contribution in [0.1, 0.15) is 46.0 Å². The Bertz CT molecular complexity index is 183. The SMILES string of the molecule is CCC1CCCCCN1C(C)C#N. The van der Waals surface area contributed by atoms with E-state index in [4.69, 9.17) is 5.26 Å². The van der Waals surface area contributed by atoms with Crippen molar-refractivity contribution < 1.29 is 0 Å². The van der Waals surface area contributed by atoms with Gasteiger partial charge in [-0.05, 0) is 32.7 Å². The summed E-state index contributed by atoms with van der Waals surface area (Å²) in [6, 6.07) is 3.10. The Hall–Kier alpha value is -0.550. The van der Waals surface area contributed by atoms with E-state index in [0.29, 0.717) is 6.04 Å². The molecule has 0 radical (unpaired) electrons. The van der Waals surface area contributed by atoms with Gasteiger partial charge in [-0.2, -0.15) is 5.26 Å². The van der Waals surface area contributed by atoms with Crippen LogP contribution in [0.4, 0.5) is 0 Å². The molecule has 1 rings (SSSR count). The van der Waals surface area contributed by atoms with Crippen LogP contribution in [0.3, 0.4) is 0 Å². The van der Waals surface area contributed by atoms with Crippen LogP contribution in [0.2, 0.25) is 0 Å². The van der Waals surface area contributed by atoms with Crippen LogP contribution in [0.5, 0.6) is 0 Å². The number of likely N-dealkylation sites (tertiary alicyclic amines) is 1. The maximum atomic E-state index is 8.90. The average molecular weight is 180 g/mol. The molecular weight excluding hydrogens is 160 g/mol. The average Bonchev–Trinajstić information content (AvgIpc) is 2.41. The standard InChI is InChI=1S/C11H20N2/c1-3-11-7-5-4-6-8-13(11)10(2)9-12/h10-11H,3-8H2,1-2H3. The number of nitrogens with zero attached hydrogens (tertiary/aromatic N) is 2. The van der Waals surface area contributed by atoms with Crippen molar-refractivity contribution >= 4 is 0 Å². The molecule has 0 aromatic carbocycles. The summed E-state index contributed by atoms with van der Waals surface area (Å²) in [7, 11) is 0. The molecule has 2 heteroatoms. The van der Waals surface area contributed by atoms with Gasteiger partial charge in [-0.25, -0.2) is 0 Å². The second-order valence-corrected chi connectivity index (χ2v) is 3.95. The summed E-state index contributed by atoms with van der Waals surface area (Å²) in [6.07, 6.45) is 6.41. The van der Waals surface area contributed by atoms with Crippen LogP contribution >= 0.6 is 0 Å². The van der Waals surface area contributed by atoms with Crippen LogP contribution in [0, 0.1) is 11.3 Å². The second-order valence-electron chi connectivity index (χ2n) is 3.95. The van der Waals surface area contributed by atoms with E-state index in [1.165, 1.54) is 32.1 Å². The number of rotatable bonds is 2. The van der Waals surface area contributed by atoms with Crippen LogP contribution in [0.25, 0.3) is 0 Å². The first kappa shape index (κ1) is 10.5. The van der Waals surface area contributed by atoms with E-state index in [-0.39, 0.29) is 6.04 Å². The van der Waals surface area contributed by atoms with Gasteiger partial charge in [0.15, 0.2) is 0 Å². The van der Waals surface area contributed by atoms with Gasteiger partial charge >= 0.3 is 0 Å². The number of hydrogen-bond acceptors (Lipinski definition) is 2. The predicted molar refractivity (Wildman–Crippen MR) is 54.3 cm³/mol. The fraction of sp³-hybridized carbons (Fsp3) is 0.909. The molecule has 0 N–H and O–H groups in total. The number of hydrogen-bond donors (Lipinski definition) is 0. The van der Waals surface area contributed by atoms with E-state index in [1.807, 2.05) is 6.92 Å². The van der Waals surface area contributed by atoms with Gasteiger partial charge in [0.2, 0.25) is 0 Å². The molecule has 1 aliphatic heterocycles. The van der Waals surface area contributed by atoms with Crippen LogP contribution in [0.15, 0.2) is 0 Å². The van der Waals surface area contributed by atoms with Gasteiger partial charge in [-0.1, -0.05) is 19.8 Å². The highest BCUT2D eigenvalue weighted by atomic mass is 15.2. The number of nitriles is 1. The fourth-order valence-electron chi connectivity index (χ4n) is 2.22. The van der Waals surface area contributed by atoms with Crippen molar-refractivity contribution in [3.63, 3.8) is 0 Å². The minimum atomic E-state index is 0.100. The molecule has 0 aromatic rings. The quantitative estimate of drug-likeness (QED) is 0.653. The zero-order valence-electron chi connectivity index (χ0n) is 8.79. The van der Waals surface area contributed by atoms with Crippen LogP contribution < -0.4 is 0 Å². The van der Waals surface area contributed by atoms with Crippen molar-refractivity contribution in [2.24, 2.45) is 0 Å². The summed E-state index contributed by atoms with van der Waals surface area (Å²) in [5, 5.41) is 8.90. The highest BCUT2D eigenvalue weighted by Gasteiger charge is 2.23. The summed E-state index contributed by atoms with van der Waals surface area (Å²) in [4.78, 5) is 2.38. The molecule has 0 aromatic heterocycles. The highest BCUT2D eigenvalue weighted by molar-refractivity contribution is 4.91. The highest BCUT2D eigenvalue weighted by Crippen LogP contribution is 2.20. The molecule has 0 saturated carbocycles. The maximum Gasteiger partial charge on any atom is 0.0951 e. The Labute approximate surface area is 81.5 Å². The minimum absolute atomic E-state index is 0.100. The molecule has 0 aliphatic carbocycles. The summed E-state index contributed by atoms with van der Waals surface area (Å²) in [5.41, 5.74) is 0. The normalized spacial score (nSPS) is 27.6. The third-order valence-electron chi connectivity index (χ3n) is 3.08. The summed E-state index contributed by atoms with van der Waals surface area (Å²) < 4.78 is 0. The van der Waals surface area contributed by atoms with Crippen molar-refractivity contribution in [2.75, 3.05) is 6.54 Å². The molecule has 13 heavy (non-hydrogen) atoms. The van der Waals surface area contributed by atoms with Gasteiger partial charge in [0, 0.05) is 6.04 Å². The molecule has 1 heterocycles. The van der Waals surface area contributed by atoms with Crippen molar-refractivity contribution in [2.45, 2.75) is 58.0 Å².